The van der Waals surface area contributed by atoms with Crippen LogP contribution >= 0.6 is 0 Å². The maximum atomic E-state index is 11.0. The van der Waals surface area contributed by atoms with Crippen LogP contribution in [-0.2, 0) is 0 Å². The number of nitro groups is 1. The highest BCUT2D eigenvalue weighted by atomic mass is 16.6. The Morgan fingerprint density at radius 1 is 1.56 bits per heavy atom. The Kier molecular flexibility index (Phi) is 3.26. The Balaban J connectivity index is 2.26. The van der Waals surface area contributed by atoms with Crippen molar-refractivity contribution in [2.75, 3.05) is 0 Å². The van der Waals surface area contributed by atoms with E-state index in [0.29, 0.717) is 6.42 Å². The van der Waals surface area contributed by atoms with Crippen LogP contribution in [0.4, 0.5) is 5.69 Å². The molecule has 2 rings (SSSR count). The van der Waals surface area contributed by atoms with Crippen molar-refractivity contribution >= 4 is 5.69 Å². The van der Waals surface area contributed by atoms with Gasteiger partial charge in [0.1, 0.15) is 6.10 Å². The van der Waals surface area contributed by atoms with Gasteiger partial charge in [-0.2, -0.15) is 0 Å². The largest absolute Gasteiger partial charge is 0.480 e. The first-order valence-corrected chi connectivity index (χ1v) is 6.04. The number of nitrogens with zero attached hydrogens (tertiary/aromatic N) is 1. The number of aryl methyl sites for hydroxylation is 1. The standard InChI is InChI=1S/C13H17NO4/c1-9-5-6-11(10(8-9)14(16)17)18-12-4-3-7-13(12,2)15/h5-6,8,12,15H,3-4,7H2,1-2H3. The van der Waals surface area contributed by atoms with Crippen LogP contribution in [0.1, 0.15) is 31.7 Å². The second kappa shape index (κ2) is 4.57. The predicted octanol–water partition coefficient (Wildman–Crippen LogP) is 2.59. The van der Waals surface area contributed by atoms with Crippen molar-refractivity contribution in [3.05, 3.63) is 33.9 Å². The highest BCUT2D eigenvalue weighted by Gasteiger charge is 2.39. The summed E-state index contributed by atoms with van der Waals surface area (Å²) in [6, 6.07) is 4.85. The van der Waals surface area contributed by atoms with E-state index in [1.54, 1.807) is 26.0 Å². The Morgan fingerprint density at radius 2 is 2.28 bits per heavy atom. The first-order valence-electron chi connectivity index (χ1n) is 6.04. The lowest BCUT2D eigenvalue weighted by atomic mass is 10.0. The van der Waals surface area contributed by atoms with Crippen LogP contribution in [0.3, 0.4) is 0 Å². The number of aliphatic hydroxyl groups is 1. The van der Waals surface area contributed by atoms with Crippen LogP contribution in [0, 0.1) is 17.0 Å². The van der Waals surface area contributed by atoms with Crippen LogP contribution in [0.2, 0.25) is 0 Å². The smallest absolute Gasteiger partial charge is 0.311 e. The van der Waals surface area contributed by atoms with E-state index in [4.69, 9.17) is 4.74 Å². The van der Waals surface area contributed by atoms with Gasteiger partial charge in [0.05, 0.1) is 10.5 Å². The van der Waals surface area contributed by atoms with Gasteiger partial charge in [0, 0.05) is 6.07 Å². The molecule has 98 valence electrons. The number of ether oxygens (including phenoxy) is 1. The average molecular weight is 251 g/mol. The summed E-state index contributed by atoms with van der Waals surface area (Å²) in [7, 11) is 0. The van der Waals surface area contributed by atoms with Crippen LogP contribution in [0.25, 0.3) is 0 Å². The van der Waals surface area contributed by atoms with E-state index in [2.05, 4.69) is 0 Å². The van der Waals surface area contributed by atoms with Crippen LogP contribution in [-0.4, -0.2) is 21.7 Å². The number of hydrogen-bond acceptors (Lipinski definition) is 4. The van der Waals surface area contributed by atoms with Gasteiger partial charge in [-0.25, -0.2) is 0 Å². The maximum absolute atomic E-state index is 11.0. The molecule has 1 N–H and O–H groups in total. The van der Waals surface area contributed by atoms with Crippen molar-refractivity contribution in [2.45, 2.75) is 44.8 Å². The Labute approximate surface area is 106 Å². The van der Waals surface area contributed by atoms with E-state index in [-0.39, 0.29) is 17.5 Å². The highest BCUT2D eigenvalue weighted by molar-refractivity contribution is 5.48. The van der Waals surface area contributed by atoms with Gasteiger partial charge in [0.25, 0.3) is 0 Å². The highest BCUT2D eigenvalue weighted by Crippen LogP contribution is 2.36. The lowest BCUT2D eigenvalue weighted by Gasteiger charge is -2.26. The fraction of sp³-hybridized carbons (Fsp3) is 0.538. The van der Waals surface area contributed by atoms with E-state index in [1.807, 2.05) is 0 Å². The van der Waals surface area contributed by atoms with Crippen LogP contribution in [0.5, 0.6) is 5.75 Å². The van der Waals surface area contributed by atoms with Gasteiger partial charge >= 0.3 is 5.69 Å². The SMILES string of the molecule is Cc1ccc(OC2CCCC2(C)O)c([N+](=O)[O-])c1. The van der Waals surface area contributed by atoms with Gasteiger partial charge in [-0.3, -0.25) is 10.1 Å². The molecule has 1 fully saturated rings. The van der Waals surface area contributed by atoms with Crippen molar-refractivity contribution in [1.82, 2.24) is 0 Å². The second-order valence-electron chi connectivity index (χ2n) is 5.08. The Hall–Kier alpha value is -1.62. The molecule has 1 saturated carbocycles. The molecule has 2 unspecified atom stereocenters. The summed E-state index contributed by atoms with van der Waals surface area (Å²) in [5.74, 6) is 0.234. The average Bonchev–Trinajstić information content (AvgIpc) is 2.60. The lowest BCUT2D eigenvalue weighted by Crippen LogP contribution is -2.38. The molecule has 2 atom stereocenters. The van der Waals surface area contributed by atoms with Gasteiger partial charge in [0.2, 0.25) is 0 Å². The van der Waals surface area contributed by atoms with Gasteiger partial charge in [-0.15, -0.1) is 0 Å². The minimum absolute atomic E-state index is 0.0438. The summed E-state index contributed by atoms with van der Waals surface area (Å²) >= 11 is 0. The van der Waals surface area contributed by atoms with Crippen molar-refractivity contribution in [3.8, 4) is 5.75 Å². The van der Waals surface area contributed by atoms with Crippen molar-refractivity contribution in [3.63, 3.8) is 0 Å². The Bertz CT molecular complexity index is 470. The fourth-order valence-corrected chi connectivity index (χ4v) is 2.33. The minimum atomic E-state index is -0.904. The summed E-state index contributed by atoms with van der Waals surface area (Å²) in [5.41, 5.74) is -0.136. The molecule has 5 nitrogen and oxygen atoms in total. The number of hydrogen-bond donors (Lipinski definition) is 1. The molecule has 5 heteroatoms. The number of nitro benzene ring substituents is 1. The van der Waals surface area contributed by atoms with Gasteiger partial charge < -0.3 is 9.84 Å². The van der Waals surface area contributed by atoms with Crippen LogP contribution < -0.4 is 4.74 Å². The summed E-state index contributed by atoms with van der Waals surface area (Å²) in [6.45, 7) is 3.51. The zero-order chi connectivity index (χ0) is 13.3. The molecule has 0 spiro atoms. The van der Waals surface area contributed by atoms with E-state index in [9.17, 15) is 15.2 Å². The summed E-state index contributed by atoms with van der Waals surface area (Å²) in [6.07, 6.45) is 1.88. The summed E-state index contributed by atoms with van der Waals surface area (Å²) in [5, 5.41) is 21.1. The third kappa shape index (κ3) is 2.46. The third-order valence-corrected chi connectivity index (χ3v) is 3.42. The molecule has 0 amide bonds. The molecular formula is C13H17NO4. The van der Waals surface area contributed by atoms with Crippen molar-refractivity contribution in [1.29, 1.82) is 0 Å². The van der Waals surface area contributed by atoms with Crippen molar-refractivity contribution < 1.29 is 14.8 Å². The molecule has 0 aromatic heterocycles. The zero-order valence-electron chi connectivity index (χ0n) is 10.5. The van der Waals surface area contributed by atoms with Gasteiger partial charge in [0.15, 0.2) is 5.75 Å². The predicted molar refractivity (Wildman–Crippen MR) is 66.7 cm³/mol. The van der Waals surface area contributed by atoms with Gasteiger partial charge in [-0.1, -0.05) is 6.07 Å². The van der Waals surface area contributed by atoms with E-state index >= 15 is 0 Å². The molecule has 0 bridgehead atoms. The second-order valence-corrected chi connectivity index (χ2v) is 5.08. The molecule has 0 heterocycles. The minimum Gasteiger partial charge on any atom is -0.480 e. The molecular weight excluding hydrogens is 234 g/mol. The first-order chi connectivity index (χ1) is 8.40. The molecule has 1 aromatic carbocycles. The summed E-state index contributed by atoms with van der Waals surface area (Å²) < 4.78 is 5.65. The molecule has 0 saturated heterocycles. The topological polar surface area (TPSA) is 72.6 Å². The number of benzene rings is 1. The van der Waals surface area contributed by atoms with Gasteiger partial charge in [-0.05, 0) is 44.7 Å². The summed E-state index contributed by atoms with van der Waals surface area (Å²) in [4.78, 5) is 10.5. The molecule has 1 aliphatic carbocycles. The fourth-order valence-electron chi connectivity index (χ4n) is 2.33. The molecule has 1 aliphatic rings. The van der Waals surface area contributed by atoms with Crippen LogP contribution in [0.15, 0.2) is 18.2 Å². The normalized spacial score (nSPS) is 27.2. The third-order valence-electron chi connectivity index (χ3n) is 3.42. The molecule has 0 aliphatic heterocycles. The maximum Gasteiger partial charge on any atom is 0.311 e. The first kappa shape index (κ1) is 12.8. The molecule has 0 radical (unpaired) electrons. The Morgan fingerprint density at radius 3 is 2.83 bits per heavy atom. The van der Waals surface area contributed by atoms with E-state index in [0.717, 1.165) is 18.4 Å². The zero-order valence-corrected chi connectivity index (χ0v) is 10.5. The number of rotatable bonds is 3. The monoisotopic (exact) mass is 251 g/mol. The quantitative estimate of drug-likeness (QED) is 0.662. The van der Waals surface area contributed by atoms with E-state index in [1.165, 1.54) is 6.07 Å². The van der Waals surface area contributed by atoms with Crippen molar-refractivity contribution in [2.24, 2.45) is 0 Å². The molecule has 1 aromatic rings. The van der Waals surface area contributed by atoms with E-state index < -0.39 is 10.5 Å². The molecule has 18 heavy (non-hydrogen) atoms. The lowest BCUT2D eigenvalue weighted by molar-refractivity contribution is -0.386.